The Balaban J connectivity index is 0.00000312. The number of amides is 2. The van der Waals surface area contributed by atoms with Gasteiger partial charge in [-0.3, -0.25) is 19.5 Å². The van der Waals surface area contributed by atoms with Gasteiger partial charge in [0.15, 0.2) is 5.96 Å². The van der Waals surface area contributed by atoms with E-state index in [9.17, 15) is 9.59 Å². The van der Waals surface area contributed by atoms with Crippen molar-refractivity contribution in [3.63, 3.8) is 0 Å². The first-order valence-corrected chi connectivity index (χ1v) is 8.48. The van der Waals surface area contributed by atoms with Crippen LogP contribution in [0.5, 0.6) is 0 Å². The number of likely N-dealkylation sites (tertiary alicyclic amines) is 1. The largest absolute Gasteiger partial charge is 0.357 e. The highest BCUT2D eigenvalue weighted by Crippen LogP contribution is 2.11. The summed E-state index contributed by atoms with van der Waals surface area (Å²) in [6.07, 6.45) is 1.59. The highest BCUT2D eigenvalue weighted by atomic mass is 127. The highest BCUT2D eigenvalue weighted by molar-refractivity contribution is 14.0. The molecule has 2 amide bonds. The maximum Gasteiger partial charge on any atom is 0.229 e. The monoisotopic (exact) mass is 458 g/mol. The third-order valence-electron chi connectivity index (χ3n) is 3.93. The molecule has 0 spiro atoms. The van der Waals surface area contributed by atoms with Gasteiger partial charge in [0, 0.05) is 39.5 Å². The van der Waals surface area contributed by atoms with E-state index in [4.69, 9.17) is 0 Å². The van der Waals surface area contributed by atoms with Gasteiger partial charge in [-0.2, -0.15) is 0 Å². The van der Waals surface area contributed by atoms with Crippen molar-refractivity contribution in [3.05, 3.63) is 35.9 Å². The summed E-state index contributed by atoms with van der Waals surface area (Å²) in [5, 5.41) is 3.25. The van der Waals surface area contributed by atoms with E-state index in [0.29, 0.717) is 32.4 Å². The standard InChI is InChI=1S/C18H26N4O2.HI/c1-3-19-18(21(2)14-15-8-5-4-6-9-15)20-12-13-22-16(23)10-7-11-17(22)24;/h4-6,8-9H,3,7,10-14H2,1-2H3,(H,19,20);1H. The van der Waals surface area contributed by atoms with Crippen LogP contribution >= 0.6 is 24.0 Å². The first kappa shape index (κ1) is 21.4. The second-order valence-corrected chi connectivity index (χ2v) is 5.87. The molecule has 0 saturated carbocycles. The molecule has 1 aliphatic heterocycles. The Kier molecular flexibility index (Phi) is 9.48. The van der Waals surface area contributed by atoms with Crippen LogP contribution in [0.2, 0.25) is 0 Å². The zero-order valence-electron chi connectivity index (χ0n) is 14.9. The average molecular weight is 458 g/mol. The number of carbonyl (C=O) groups excluding carboxylic acids is 2. The lowest BCUT2D eigenvalue weighted by molar-refractivity contribution is -0.147. The number of nitrogens with zero attached hydrogens (tertiary/aromatic N) is 3. The maximum atomic E-state index is 11.8. The third-order valence-corrected chi connectivity index (χ3v) is 3.93. The van der Waals surface area contributed by atoms with Gasteiger partial charge < -0.3 is 10.2 Å². The summed E-state index contributed by atoms with van der Waals surface area (Å²) in [5.74, 6) is 0.617. The average Bonchev–Trinajstić information content (AvgIpc) is 2.57. The van der Waals surface area contributed by atoms with Crippen molar-refractivity contribution in [1.29, 1.82) is 0 Å². The normalized spacial score (nSPS) is 15.0. The number of benzene rings is 1. The molecule has 1 saturated heterocycles. The molecule has 1 aliphatic rings. The zero-order chi connectivity index (χ0) is 17.4. The van der Waals surface area contributed by atoms with Crippen LogP contribution in [-0.4, -0.2) is 54.3 Å². The Morgan fingerprint density at radius 3 is 2.44 bits per heavy atom. The fraction of sp³-hybridized carbons (Fsp3) is 0.500. The van der Waals surface area contributed by atoms with Crippen LogP contribution in [-0.2, 0) is 16.1 Å². The molecule has 6 nitrogen and oxygen atoms in total. The van der Waals surface area contributed by atoms with E-state index in [-0.39, 0.29) is 35.8 Å². The number of nitrogens with one attached hydrogen (secondary N) is 1. The summed E-state index contributed by atoms with van der Waals surface area (Å²) in [6.45, 7) is 4.29. The number of hydrogen-bond acceptors (Lipinski definition) is 3. The van der Waals surface area contributed by atoms with Crippen molar-refractivity contribution >= 4 is 41.8 Å². The van der Waals surface area contributed by atoms with Crippen LogP contribution in [0.4, 0.5) is 0 Å². The van der Waals surface area contributed by atoms with E-state index in [2.05, 4.69) is 22.4 Å². The number of guanidine groups is 1. The number of imide groups is 1. The molecule has 0 radical (unpaired) electrons. The predicted molar refractivity (Wildman–Crippen MR) is 110 cm³/mol. The molecule has 7 heteroatoms. The van der Waals surface area contributed by atoms with E-state index >= 15 is 0 Å². The van der Waals surface area contributed by atoms with Gasteiger partial charge in [-0.1, -0.05) is 30.3 Å². The van der Waals surface area contributed by atoms with E-state index in [1.807, 2.05) is 37.1 Å². The summed E-state index contributed by atoms with van der Waals surface area (Å²) in [7, 11) is 1.98. The van der Waals surface area contributed by atoms with Gasteiger partial charge in [-0.25, -0.2) is 0 Å². The SMILES string of the molecule is CCNC(=NCCN1C(=O)CCCC1=O)N(C)Cc1ccccc1.I. The number of carbonyl (C=O) groups is 2. The molecule has 25 heavy (non-hydrogen) atoms. The van der Waals surface area contributed by atoms with Crippen molar-refractivity contribution in [1.82, 2.24) is 15.1 Å². The van der Waals surface area contributed by atoms with Crippen LogP contribution in [0.15, 0.2) is 35.3 Å². The van der Waals surface area contributed by atoms with Crippen LogP contribution in [0.3, 0.4) is 0 Å². The van der Waals surface area contributed by atoms with Crippen molar-refractivity contribution in [2.24, 2.45) is 4.99 Å². The van der Waals surface area contributed by atoms with Gasteiger partial charge in [-0.05, 0) is 18.9 Å². The molecule has 1 fully saturated rings. The summed E-state index contributed by atoms with van der Waals surface area (Å²) in [5.41, 5.74) is 1.20. The summed E-state index contributed by atoms with van der Waals surface area (Å²) >= 11 is 0. The van der Waals surface area contributed by atoms with Gasteiger partial charge in [0.05, 0.1) is 6.54 Å². The van der Waals surface area contributed by atoms with Crippen LogP contribution in [0, 0.1) is 0 Å². The molecule has 2 rings (SSSR count). The van der Waals surface area contributed by atoms with Gasteiger partial charge in [0.1, 0.15) is 0 Å². The molecule has 1 N–H and O–H groups in total. The van der Waals surface area contributed by atoms with Gasteiger partial charge >= 0.3 is 0 Å². The molecular formula is C18H27IN4O2. The highest BCUT2D eigenvalue weighted by Gasteiger charge is 2.25. The minimum Gasteiger partial charge on any atom is -0.357 e. The fourth-order valence-corrected chi connectivity index (χ4v) is 2.71. The molecule has 138 valence electrons. The third kappa shape index (κ3) is 6.64. The van der Waals surface area contributed by atoms with Gasteiger partial charge in [-0.15, -0.1) is 24.0 Å². The Morgan fingerprint density at radius 2 is 1.84 bits per heavy atom. The first-order chi connectivity index (χ1) is 11.6. The number of piperidine rings is 1. The Hall–Kier alpha value is -1.64. The Bertz CT molecular complexity index is 576. The molecule has 0 aliphatic carbocycles. The van der Waals surface area contributed by atoms with Crippen LogP contribution in [0.25, 0.3) is 0 Å². The molecule has 1 heterocycles. The molecule has 0 unspecified atom stereocenters. The summed E-state index contributed by atoms with van der Waals surface area (Å²) in [6, 6.07) is 10.2. The van der Waals surface area contributed by atoms with Crippen molar-refractivity contribution in [3.8, 4) is 0 Å². The summed E-state index contributed by atoms with van der Waals surface area (Å²) < 4.78 is 0. The van der Waals surface area contributed by atoms with Crippen molar-refractivity contribution < 1.29 is 9.59 Å². The predicted octanol–water partition coefficient (Wildman–Crippen LogP) is 2.24. The minimum absolute atomic E-state index is 0. The number of halogens is 1. The van der Waals surface area contributed by atoms with Crippen LogP contribution < -0.4 is 5.32 Å². The van der Waals surface area contributed by atoms with Gasteiger partial charge in [0.25, 0.3) is 0 Å². The van der Waals surface area contributed by atoms with E-state index in [1.165, 1.54) is 10.5 Å². The van der Waals surface area contributed by atoms with Crippen LogP contribution in [0.1, 0.15) is 31.7 Å². The zero-order valence-corrected chi connectivity index (χ0v) is 17.2. The molecule has 1 aromatic rings. The number of aliphatic imine (C=N–C) groups is 1. The Morgan fingerprint density at radius 1 is 1.20 bits per heavy atom. The smallest absolute Gasteiger partial charge is 0.229 e. The van der Waals surface area contributed by atoms with E-state index in [0.717, 1.165) is 19.0 Å². The van der Waals surface area contributed by atoms with Crippen molar-refractivity contribution in [2.45, 2.75) is 32.7 Å². The van der Waals surface area contributed by atoms with E-state index in [1.54, 1.807) is 0 Å². The first-order valence-electron chi connectivity index (χ1n) is 8.48. The lowest BCUT2D eigenvalue weighted by Crippen LogP contribution is -2.42. The van der Waals surface area contributed by atoms with E-state index < -0.39 is 0 Å². The summed E-state index contributed by atoms with van der Waals surface area (Å²) in [4.78, 5) is 31.6. The lowest BCUT2D eigenvalue weighted by atomic mass is 10.1. The minimum atomic E-state index is -0.0795. The molecule has 0 bridgehead atoms. The molecule has 1 aromatic carbocycles. The number of rotatable bonds is 6. The second kappa shape index (κ2) is 11.1. The maximum absolute atomic E-state index is 11.8. The number of hydrogen-bond donors (Lipinski definition) is 1. The topological polar surface area (TPSA) is 65.0 Å². The van der Waals surface area contributed by atoms with Gasteiger partial charge in [0.2, 0.25) is 11.8 Å². The van der Waals surface area contributed by atoms with Crippen molar-refractivity contribution in [2.75, 3.05) is 26.7 Å². The Labute approximate surface area is 166 Å². The fourth-order valence-electron chi connectivity index (χ4n) is 2.71. The molecular weight excluding hydrogens is 431 g/mol. The second-order valence-electron chi connectivity index (χ2n) is 5.87. The molecule has 0 aromatic heterocycles. The quantitative estimate of drug-likeness (QED) is 0.308. The lowest BCUT2D eigenvalue weighted by Gasteiger charge is -2.25. The molecule has 0 atom stereocenters.